The zero-order chi connectivity index (χ0) is 13.6. The summed E-state index contributed by atoms with van der Waals surface area (Å²) in [7, 11) is 0. The summed E-state index contributed by atoms with van der Waals surface area (Å²) >= 11 is 1.85. The van der Waals surface area contributed by atoms with E-state index in [1.165, 1.54) is 9.75 Å². The number of nitrogens with two attached hydrogens (primary N) is 1. The first-order valence-corrected chi connectivity index (χ1v) is 7.07. The van der Waals surface area contributed by atoms with Crippen LogP contribution in [0.25, 0.3) is 0 Å². The van der Waals surface area contributed by atoms with Gasteiger partial charge < -0.3 is 16.3 Å². The third kappa shape index (κ3) is 4.31. The van der Waals surface area contributed by atoms with Crippen molar-refractivity contribution in [1.82, 2.24) is 5.32 Å². The monoisotopic (exact) mass is 269 g/mol. The van der Waals surface area contributed by atoms with Gasteiger partial charge in [-0.2, -0.15) is 0 Å². The van der Waals surface area contributed by atoms with Crippen LogP contribution in [0.3, 0.4) is 0 Å². The Morgan fingerprint density at radius 3 is 2.67 bits per heavy atom. The summed E-state index contributed by atoms with van der Waals surface area (Å²) in [4.78, 5) is 2.78. The molecule has 4 nitrogen and oxygen atoms in total. The zero-order valence-electron chi connectivity index (χ0n) is 11.4. The van der Waals surface area contributed by atoms with Gasteiger partial charge in [-0.15, -0.1) is 11.3 Å². The summed E-state index contributed by atoms with van der Waals surface area (Å²) in [6.45, 7) is 7.86. The SMILES string of the molecule is CCc1ccc(CNCCC(C)(C)/C(N)=N/O)s1. The van der Waals surface area contributed by atoms with Gasteiger partial charge in [0.15, 0.2) is 0 Å². The lowest BCUT2D eigenvalue weighted by Crippen LogP contribution is -2.34. The lowest BCUT2D eigenvalue weighted by Gasteiger charge is -2.22. The van der Waals surface area contributed by atoms with E-state index in [0.717, 1.165) is 25.9 Å². The second-order valence-electron chi connectivity index (χ2n) is 5.02. The Balaban J connectivity index is 2.30. The van der Waals surface area contributed by atoms with Crippen LogP contribution in [-0.2, 0) is 13.0 Å². The molecule has 0 aliphatic carbocycles. The highest BCUT2D eigenvalue weighted by atomic mass is 32.1. The van der Waals surface area contributed by atoms with Gasteiger partial charge in [0.1, 0.15) is 5.84 Å². The maximum Gasteiger partial charge on any atom is 0.144 e. The Labute approximate surface area is 113 Å². The summed E-state index contributed by atoms with van der Waals surface area (Å²) in [6, 6.07) is 4.35. The lowest BCUT2D eigenvalue weighted by atomic mass is 9.88. The Morgan fingerprint density at radius 2 is 2.11 bits per heavy atom. The highest BCUT2D eigenvalue weighted by molar-refractivity contribution is 7.11. The van der Waals surface area contributed by atoms with Gasteiger partial charge in [-0.25, -0.2) is 0 Å². The van der Waals surface area contributed by atoms with E-state index < -0.39 is 0 Å². The molecular weight excluding hydrogens is 246 g/mol. The highest BCUT2D eigenvalue weighted by Gasteiger charge is 2.22. The van der Waals surface area contributed by atoms with Crippen molar-refractivity contribution in [3.05, 3.63) is 21.9 Å². The topological polar surface area (TPSA) is 70.6 Å². The molecule has 0 spiro atoms. The number of oxime groups is 1. The number of amidine groups is 1. The van der Waals surface area contributed by atoms with E-state index in [-0.39, 0.29) is 11.3 Å². The Bertz CT molecular complexity index is 399. The molecular formula is C13H23N3OS. The summed E-state index contributed by atoms with van der Waals surface area (Å²) in [5.74, 6) is 0.286. The van der Waals surface area contributed by atoms with Crippen LogP contribution >= 0.6 is 11.3 Å². The molecule has 1 heterocycles. The molecule has 0 unspecified atom stereocenters. The van der Waals surface area contributed by atoms with Crippen molar-refractivity contribution in [3.63, 3.8) is 0 Å². The predicted molar refractivity (Wildman–Crippen MR) is 77.2 cm³/mol. The molecule has 0 atom stereocenters. The van der Waals surface area contributed by atoms with Gasteiger partial charge in [0.25, 0.3) is 0 Å². The normalized spacial score (nSPS) is 12.9. The molecule has 1 rings (SSSR count). The first-order valence-electron chi connectivity index (χ1n) is 6.26. The maximum absolute atomic E-state index is 8.68. The van der Waals surface area contributed by atoms with Crippen LogP contribution in [0, 0.1) is 5.41 Å². The summed E-state index contributed by atoms with van der Waals surface area (Å²) in [6.07, 6.45) is 1.94. The van der Waals surface area contributed by atoms with E-state index >= 15 is 0 Å². The molecule has 18 heavy (non-hydrogen) atoms. The number of thiophene rings is 1. The number of nitrogens with one attached hydrogen (secondary N) is 1. The first kappa shape index (κ1) is 15.0. The van der Waals surface area contributed by atoms with Crippen molar-refractivity contribution in [3.8, 4) is 0 Å². The van der Waals surface area contributed by atoms with E-state index in [1.54, 1.807) is 0 Å². The van der Waals surface area contributed by atoms with Crippen molar-refractivity contribution >= 4 is 17.2 Å². The summed E-state index contributed by atoms with van der Waals surface area (Å²) in [5, 5.41) is 15.2. The molecule has 0 aliphatic rings. The van der Waals surface area contributed by atoms with Crippen LogP contribution in [0.4, 0.5) is 0 Å². The smallest absolute Gasteiger partial charge is 0.144 e. The van der Waals surface area contributed by atoms with Crippen molar-refractivity contribution in [2.45, 2.75) is 40.2 Å². The third-order valence-electron chi connectivity index (χ3n) is 3.09. The summed E-state index contributed by atoms with van der Waals surface area (Å²) < 4.78 is 0. The van der Waals surface area contributed by atoms with Crippen LogP contribution in [0.1, 0.15) is 36.9 Å². The Hall–Kier alpha value is -1.07. The van der Waals surface area contributed by atoms with Gasteiger partial charge in [-0.05, 0) is 31.5 Å². The first-order chi connectivity index (χ1) is 8.49. The molecule has 0 radical (unpaired) electrons. The Morgan fingerprint density at radius 1 is 1.44 bits per heavy atom. The molecule has 0 amide bonds. The average molecular weight is 269 g/mol. The number of hydrogen-bond donors (Lipinski definition) is 3. The quantitative estimate of drug-likeness (QED) is 0.234. The van der Waals surface area contributed by atoms with Gasteiger partial charge in [-0.1, -0.05) is 25.9 Å². The average Bonchev–Trinajstić information content (AvgIpc) is 2.81. The molecule has 5 heteroatoms. The van der Waals surface area contributed by atoms with Gasteiger partial charge >= 0.3 is 0 Å². The minimum absolute atomic E-state index is 0.272. The van der Waals surface area contributed by atoms with Crippen molar-refractivity contribution in [1.29, 1.82) is 0 Å². The maximum atomic E-state index is 8.68. The second-order valence-corrected chi connectivity index (χ2v) is 6.27. The van der Waals surface area contributed by atoms with Gasteiger partial charge in [0, 0.05) is 21.7 Å². The van der Waals surface area contributed by atoms with Crippen LogP contribution in [0.2, 0.25) is 0 Å². The van der Waals surface area contributed by atoms with Crippen LogP contribution in [0.5, 0.6) is 0 Å². The minimum Gasteiger partial charge on any atom is -0.409 e. The van der Waals surface area contributed by atoms with E-state index in [4.69, 9.17) is 10.9 Å². The molecule has 0 saturated carbocycles. The van der Waals surface area contributed by atoms with Crippen LogP contribution in [0.15, 0.2) is 17.3 Å². The fraction of sp³-hybridized carbons (Fsp3) is 0.615. The van der Waals surface area contributed by atoms with E-state index in [0.29, 0.717) is 0 Å². The molecule has 1 aromatic rings. The zero-order valence-corrected chi connectivity index (χ0v) is 12.2. The molecule has 0 bridgehead atoms. The standard InChI is InChI=1S/C13H23N3OS/c1-4-10-5-6-11(18-10)9-15-8-7-13(2,3)12(14)16-17/h5-6,15,17H,4,7-9H2,1-3H3,(H2,14,16). The van der Waals surface area contributed by atoms with Crippen molar-refractivity contribution in [2.75, 3.05) is 6.54 Å². The molecule has 0 aromatic carbocycles. The minimum atomic E-state index is -0.272. The van der Waals surface area contributed by atoms with Crippen LogP contribution in [-0.4, -0.2) is 17.6 Å². The number of nitrogens with zero attached hydrogens (tertiary/aromatic N) is 1. The molecule has 102 valence electrons. The second kappa shape index (κ2) is 6.75. The Kier molecular flexibility index (Phi) is 5.62. The molecule has 0 fully saturated rings. The van der Waals surface area contributed by atoms with Gasteiger partial charge in [0.2, 0.25) is 0 Å². The molecule has 0 aliphatic heterocycles. The molecule has 0 saturated heterocycles. The number of hydrogen-bond acceptors (Lipinski definition) is 4. The van der Waals surface area contributed by atoms with Crippen molar-refractivity contribution < 1.29 is 5.21 Å². The van der Waals surface area contributed by atoms with Gasteiger partial charge in [-0.3, -0.25) is 0 Å². The lowest BCUT2D eigenvalue weighted by molar-refractivity contribution is 0.305. The van der Waals surface area contributed by atoms with E-state index in [1.807, 2.05) is 25.2 Å². The largest absolute Gasteiger partial charge is 0.409 e. The number of aryl methyl sites for hydroxylation is 1. The predicted octanol–water partition coefficient (Wildman–Crippen LogP) is 2.56. The summed E-state index contributed by atoms with van der Waals surface area (Å²) in [5.41, 5.74) is 5.37. The van der Waals surface area contributed by atoms with Gasteiger partial charge in [0.05, 0.1) is 0 Å². The van der Waals surface area contributed by atoms with E-state index in [2.05, 4.69) is 29.5 Å². The third-order valence-corrected chi connectivity index (χ3v) is 4.32. The fourth-order valence-corrected chi connectivity index (χ4v) is 2.51. The van der Waals surface area contributed by atoms with Crippen molar-refractivity contribution in [2.24, 2.45) is 16.3 Å². The highest BCUT2D eigenvalue weighted by Crippen LogP contribution is 2.20. The fourth-order valence-electron chi connectivity index (χ4n) is 1.58. The van der Waals surface area contributed by atoms with Crippen LogP contribution < -0.4 is 11.1 Å². The molecule has 1 aromatic heterocycles. The molecule has 4 N–H and O–H groups in total. The van der Waals surface area contributed by atoms with E-state index in [9.17, 15) is 0 Å². The number of rotatable bonds is 7.